The molecule has 0 aliphatic carbocycles. The van der Waals surface area contributed by atoms with E-state index in [1.165, 1.54) is 0 Å². The third-order valence-corrected chi connectivity index (χ3v) is 5.00. The number of aromatic nitrogens is 1. The molecule has 2 heterocycles. The van der Waals surface area contributed by atoms with Crippen molar-refractivity contribution in [3.05, 3.63) is 18.2 Å². The molecule has 4 nitrogen and oxygen atoms in total. The lowest BCUT2D eigenvalue weighted by molar-refractivity contribution is -0.117. The minimum Gasteiger partial charge on any atom is -0.326 e. The molecule has 0 spiro atoms. The van der Waals surface area contributed by atoms with Crippen molar-refractivity contribution in [3.8, 4) is 0 Å². The second kappa shape index (κ2) is 4.53. The van der Waals surface area contributed by atoms with Crippen molar-refractivity contribution in [1.82, 2.24) is 4.98 Å². The number of carbonyl (C=O) groups excluding carboxylic acids is 1. The van der Waals surface area contributed by atoms with Crippen LogP contribution in [0.15, 0.2) is 22.5 Å². The summed E-state index contributed by atoms with van der Waals surface area (Å²) in [5, 5.41) is 0. The molecule has 1 atom stereocenters. The van der Waals surface area contributed by atoms with Gasteiger partial charge in [-0.1, -0.05) is 11.8 Å². The predicted molar refractivity (Wildman–Crippen MR) is 76.3 cm³/mol. The van der Waals surface area contributed by atoms with Gasteiger partial charge >= 0.3 is 0 Å². The number of nitrogens with zero attached hydrogens (tertiary/aromatic N) is 2. The maximum absolute atomic E-state index is 11.8. The van der Waals surface area contributed by atoms with Gasteiger partial charge in [0.1, 0.15) is 0 Å². The lowest BCUT2D eigenvalue weighted by Gasteiger charge is -2.15. The second-order valence-corrected chi connectivity index (χ2v) is 6.39. The fraction of sp³-hybridized carbons (Fsp3) is 0.333. The van der Waals surface area contributed by atoms with Crippen molar-refractivity contribution >= 4 is 44.9 Å². The number of nitrogens with two attached hydrogens (primary N) is 1. The van der Waals surface area contributed by atoms with Crippen LogP contribution in [-0.4, -0.2) is 29.7 Å². The molecule has 1 fully saturated rings. The zero-order valence-electron chi connectivity index (χ0n) is 9.92. The Hall–Kier alpha value is -1.11. The molecule has 3 rings (SSSR count). The maximum atomic E-state index is 11.8. The summed E-state index contributed by atoms with van der Waals surface area (Å²) in [5.41, 5.74) is 7.73. The van der Waals surface area contributed by atoms with Crippen molar-refractivity contribution < 1.29 is 4.79 Å². The van der Waals surface area contributed by atoms with E-state index in [9.17, 15) is 4.79 Å². The van der Waals surface area contributed by atoms with Gasteiger partial charge in [-0.3, -0.25) is 4.79 Å². The monoisotopic (exact) mass is 279 g/mol. The summed E-state index contributed by atoms with van der Waals surface area (Å²) in [7, 11) is 0. The number of hydrogen-bond acceptors (Lipinski definition) is 5. The van der Waals surface area contributed by atoms with Crippen LogP contribution in [0.2, 0.25) is 0 Å². The molecule has 94 valence electrons. The Kier molecular flexibility index (Phi) is 3.01. The molecule has 0 bridgehead atoms. The van der Waals surface area contributed by atoms with E-state index in [1.807, 2.05) is 24.5 Å². The van der Waals surface area contributed by atoms with Crippen LogP contribution in [0.3, 0.4) is 0 Å². The standard InChI is InChI=1S/C12H13N3OS2/c1-17-12-14-9-3-2-8(5-10(9)18-12)15-6-7(13)4-11(15)16/h2-3,5,7H,4,6,13H2,1H3. The third-order valence-electron chi connectivity index (χ3n) is 2.99. The van der Waals surface area contributed by atoms with Crippen LogP contribution >= 0.6 is 23.1 Å². The summed E-state index contributed by atoms with van der Waals surface area (Å²) >= 11 is 3.30. The molecule has 1 aliphatic rings. The van der Waals surface area contributed by atoms with E-state index in [1.54, 1.807) is 28.0 Å². The van der Waals surface area contributed by atoms with Crippen LogP contribution in [0.25, 0.3) is 10.2 Å². The lowest BCUT2D eigenvalue weighted by atomic mass is 10.3. The Bertz CT molecular complexity index is 610. The highest BCUT2D eigenvalue weighted by molar-refractivity contribution is 8.00. The molecule has 1 saturated heterocycles. The predicted octanol–water partition coefficient (Wildman–Crippen LogP) is 2.08. The first-order chi connectivity index (χ1) is 8.67. The number of anilines is 1. The van der Waals surface area contributed by atoms with Gasteiger partial charge < -0.3 is 10.6 Å². The molecule has 1 aromatic heterocycles. The van der Waals surface area contributed by atoms with Crippen molar-refractivity contribution in [2.75, 3.05) is 17.7 Å². The number of amides is 1. The van der Waals surface area contributed by atoms with Crippen molar-refractivity contribution in [2.24, 2.45) is 5.73 Å². The average molecular weight is 279 g/mol. The number of benzene rings is 1. The lowest BCUT2D eigenvalue weighted by Crippen LogP contribution is -2.27. The van der Waals surface area contributed by atoms with Gasteiger partial charge in [-0.2, -0.15) is 0 Å². The van der Waals surface area contributed by atoms with Gasteiger partial charge in [0.15, 0.2) is 4.34 Å². The second-order valence-electron chi connectivity index (χ2n) is 4.30. The molecule has 6 heteroatoms. The molecule has 18 heavy (non-hydrogen) atoms. The number of thiazole rings is 1. The molecule has 1 aliphatic heterocycles. The van der Waals surface area contributed by atoms with E-state index < -0.39 is 0 Å². The summed E-state index contributed by atoms with van der Waals surface area (Å²) < 4.78 is 2.16. The van der Waals surface area contributed by atoms with Crippen molar-refractivity contribution in [1.29, 1.82) is 0 Å². The zero-order chi connectivity index (χ0) is 12.7. The number of hydrogen-bond donors (Lipinski definition) is 1. The largest absolute Gasteiger partial charge is 0.326 e. The molecular weight excluding hydrogens is 266 g/mol. The Balaban J connectivity index is 2.00. The fourth-order valence-corrected chi connectivity index (χ4v) is 3.65. The number of thioether (sulfide) groups is 1. The zero-order valence-corrected chi connectivity index (χ0v) is 11.6. The Morgan fingerprint density at radius 1 is 1.56 bits per heavy atom. The van der Waals surface area contributed by atoms with Crippen LogP contribution in [-0.2, 0) is 4.79 Å². The highest BCUT2D eigenvalue weighted by Gasteiger charge is 2.28. The van der Waals surface area contributed by atoms with Gasteiger partial charge in [0, 0.05) is 24.7 Å². The minimum atomic E-state index is -0.0450. The average Bonchev–Trinajstić information content (AvgIpc) is 2.90. The van der Waals surface area contributed by atoms with E-state index in [2.05, 4.69) is 4.98 Å². The van der Waals surface area contributed by atoms with E-state index in [4.69, 9.17) is 5.73 Å². The van der Waals surface area contributed by atoms with Crippen molar-refractivity contribution in [2.45, 2.75) is 16.8 Å². The molecule has 1 unspecified atom stereocenters. The maximum Gasteiger partial charge on any atom is 0.228 e. The normalized spacial score (nSPS) is 20.0. The van der Waals surface area contributed by atoms with E-state index >= 15 is 0 Å². The first kappa shape index (κ1) is 12.0. The topological polar surface area (TPSA) is 59.2 Å². The van der Waals surface area contributed by atoms with Gasteiger partial charge in [0.05, 0.1) is 10.2 Å². The van der Waals surface area contributed by atoms with Gasteiger partial charge in [-0.05, 0) is 24.5 Å². The highest BCUT2D eigenvalue weighted by atomic mass is 32.2. The Morgan fingerprint density at radius 3 is 3.06 bits per heavy atom. The van der Waals surface area contributed by atoms with E-state index in [0.717, 1.165) is 20.2 Å². The molecule has 0 radical (unpaired) electrons. The van der Waals surface area contributed by atoms with E-state index in [0.29, 0.717) is 13.0 Å². The summed E-state index contributed by atoms with van der Waals surface area (Å²) in [6.45, 7) is 0.610. The van der Waals surface area contributed by atoms with Crippen LogP contribution in [0.1, 0.15) is 6.42 Å². The number of carbonyl (C=O) groups is 1. The summed E-state index contributed by atoms with van der Waals surface area (Å²) in [6, 6.07) is 5.90. The first-order valence-corrected chi connectivity index (χ1v) is 7.72. The Morgan fingerprint density at radius 2 is 2.39 bits per heavy atom. The fourth-order valence-electron chi connectivity index (χ4n) is 2.13. The van der Waals surface area contributed by atoms with Crippen LogP contribution < -0.4 is 10.6 Å². The Labute approximate surface area is 113 Å². The summed E-state index contributed by atoms with van der Waals surface area (Å²) in [5.74, 6) is 0.108. The first-order valence-electron chi connectivity index (χ1n) is 5.68. The molecule has 1 aromatic carbocycles. The number of rotatable bonds is 2. The van der Waals surface area contributed by atoms with Crippen molar-refractivity contribution in [3.63, 3.8) is 0 Å². The van der Waals surface area contributed by atoms with Gasteiger partial charge in [0.25, 0.3) is 0 Å². The van der Waals surface area contributed by atoms with E-state index in [-0.39, 0.29) is 11.9 Å². The van der Waals surface area contributed by atoms with Crippen LogP contribution in [0.4, 0.5) is 5.69 Å². The van der Waals surface area contributed by atoms with Crippen LogP contribution in [0, 0.1) is 0 Å². The van der Waals surface area contributed by atoms with Gasteiger partial charge in [-0.15, -0.1) is 11.3 Å². The molecule has 0 saturated carbocycles. The molecular formula is C12H13N3OS2. The third kappa shape index (κ3) is 2.00. The highest BCUT2D eigenvalue weighted by Crippen LogP contribution is 2.32. The molecule has 2 aromatic rings. The van der Waals surface area contributed by atoms with Gasteiger partial charge in [0.2, 0.25) is 5.91 Å². The SMILES string of the molecule is CSc1nc2ccc(N3CC(N)CC3=O)cc2s1. The van der Waals surface area contributed by atoms with Gasteiger partial charge in [-0.25, -0.2) is 4.98 Å². The smallest absolute Gasteiger partial charge is 0.228 e. The minimum absolute atomic E-state index is 0.0450. The quantitative estimate of drug-likeness (QED) is 0.855. The summed E-state index contributed by atoms with van der Waals surface area (Å²) in [6.07, 6.45) is 2.46. The van der Waals surface area contributed by atoms with Crippen LogP contribution in [0.5, 0.6) is 0 Å². The molecule has 1 amide bonds. The summed E-state index contributed by atoms with van der Waals surface area (Å²) in [4.78, 5) is 18.1. The molecule has 2 N–H and O–H groups in total. The number of fused-ring (bicyclic) bond motifs is 1.